The molecule has 0 fully saturated rings. The third-order valence-corrected chi connectivity index (χ3v) is 2.91. The van der Waals surface area contributed by atoms with Gasteiger partial charge in [-0.2, -0.15) is 5.10 Å². The Morgan fingerprint density at radius 3 is 2.63 bits per heavy atom. The maximum Gasteiger partial charge on any atom is 0.335 e. The van der Waals surface area contributed by atoms with Crippen LogP contribution in [0.3, 0.4) is 0 Å². The average molecular weight is 253 g/mol. The van der Waals surface area contributed by atoms with E-state index in [-0.39, 0.29) is 5.56 Å². The van der Waals surface area contributed by atoms with Crippen LogP contribution < -0.4 is 0 Å². The van der Waals surface area contributed by atoms with E-state index >= 15 is 0 Å². The minimum atomic E-state index is -0.928. The quantitative estimate of drug-likeness (QED) is 0.761. The van der Waals surface area contributed by atoms with Crippen molar-refractivity contribution in [2.45, 2.75) is 6.92 Å². The van der Waals surface area contributed by atoms with E-state index in [0.717, 1.165) is 16.8 Å². The first-order valence-corrected chi connectivity index (χ1v) is 5.81. The van der Waals surface area contributed by atoms with Crippen LogP contribution in [0.15, 0.2) is 42.6 Å². The van der Waals surface area contributed by atoms with Crippen LogP contribution in [0.4, 0.5) is 0 Å². The van der Waals surface area contributed by atoms with Crippen molar-refractivity contribution in [3.05, 3.63) is 54.0 Å². The maximum atomic E-state index is 10.8. The second-order valence-corrected chi connectivity index (χ2v) is 4.23. The molecule has 3 aromatic rings. The van der Waals surface area contributed by atoms with Gasteiger partial charge >= 0.3 is 5.97 Å². The summed E-state index contributed by atoms with van der Waals surface area (Å²) < 4.78 is 1.72. The summed E-state index contributed by atoms with van der Waals surface area (Å²) in [4.78, 5) is 15.2. The van der Waals surface area contributed by atoms with Gasteiger partial charge in [-0.1, -0.05) is 12.1 Å². The van der Waals surface area contributed by atoms with E-state index in [4.69, 9.17) is 5.11 Å². The van der Waals surface area contributed by atoms with Crippen molar-refractivity contribution in [3.63, 3.8) is 0 Å². The Bertz CT molecular complexity index is 760. The van der Waals surface area contributed by atoms with Crippen LogP contribution >= 0.6 is 0 Å². The predicted octanol–water partition coefficient (Wildman–Crippen LogP) is 2.40. The van der Waals surface area contributed by atoms with E-state index < -0.39 is 5.97 Å². The number of pyridine rings is 1. The van der Waals surface area contributed by atoms with E-state index in [0.29, 0.717) is 5.82 Å². The van der Waals surface area contributed by atoms with E-state index in [1.165, 1.54) is 0 Å². The van der Waals surface area contributed by atoms with E-state index in [2.05, 4.69) is 10.1 Å². The van der Waals surface area contributed by atoms with Gasteiger partial charge < -0.3 is 5.11 Å². The number of carboxylic acids is 1. The monoisotopic (exact) mass is 253 g/mol. The van der Waals surface area contributed by atoms with Gasteiger partial charge in [0.2, 0.25) is 0 Å². The molecule has 0 amide bonds. The highest BCUT2D eigenvalue weighted by molar-refractivity contribution is 5.89. The highest BCUT2D eigenvalue weighted by Crippen LogP contribution is 2.23. The molecule has 2 aromatic heterocycles. The van der Waals surface area contributed by atoms with Crippen molar-refractivity contribution in [1.82, 2.24) is 14.6 Å². The molecule has 0 aliphatic rings. The van der Waals surface area contributed by atoms with Crippen molar-refractivity contribution >= 4 is 11.6 Å². The summed E-state index contributed by atoms with van der Waals surface area (Å²) in [5, 5.41) is 13.2. The molecule has 3 rings (SSSR count). The topological polar surface area (TPSA) is 67.5 Å². The van der Waals surface area contributed by atoms with E-state index in [1.807, 2.05) is 25.3 Å². The van der Waals surface area contributed by atoms with Crippen LogP contribution in [0.5, 0.6) is 0 Å². The van der Waals surface area contributed by atoms with Gasteiger partial charge in [0.15, 0.2) is 5.65 Å². The van der Waals surface area contributed by atoms with Crippen molar-refractivity contribution in [2.24, 2.45) is 0 Å². The van der Waals surface area contributed by atoms with E-state index in [1.54, 1.807) is 28.8 Å². The smallest absolute Gasteiger partial charge is 0.335 e. The molecule has 2 heterocycles. The van der Waals surface area contributed by atoms with Crippen LogP contribution in [0.2, 0.25) is 0 Å². The largest absolute Gasteiger partial charge is 0.478 e. The molecule has 19 heavy (non-hydrogen) atoms. The molecule has 1 N–H and O–H groups in total. The zero-order valence-corrected chi connectivity index (χ0v) is 10.2. The number of carbonyl (C=O) groups is 1. The summed E-state index contributed by atoms with van der Waals surface area (Å²) in [7, 11) is 0. The molecule has 0 aliphatic heterocycles. The van der Waals surface area contributed by atoms with Gasteiger partial charge in [-0.25, -0.2) is 14.3 Å². The molecule has 5 heteroatoms. The highest BCUT2D eigenvalue weighted by Gasteiger charge is 2.08. The van der Waals surface area contributed by atoms with Gasteiger partial charge in [0.05, 0.1) is 5.56 Å². The van der Waals surface area contributed by atoms with Crippen LogP contribution in [-0.2, 0) is 0 Å². The minimum Gasteiger partial charge on any atom is -0.478 e. The summed E-state index contributed by atoms with van der Waals surface area (Å²) >= 11 is 0. The van der Waals surface area contributed by atoms with Crippen molar-refractivity contribution < 1.29 is 9.90 Å². The average Bonchev–Trinajstić information content (AvgIpc) is 2.78. The number of aromatic carboxylic acids is 1. The molecule has 0 unspecified atom stereocenters. The Labute approximate surface area is 109 Å². The summed E-state index contributed by atoms with van der Waals surface area (Å²) in [6.07, 6.45) is 1.84. The van der Waals surface area contributed by atoms with Crippen molar-refractivity contribution in [3.8, 4) is 11.1 Å². The third kappa shape index (κ3) is 1.95. The van der Waals surface area contributed by atoms with Gasteiger partial charge in [-0.15, -0.1) is 0 Å². The normalized spacial score (nSPS) is 10.8. The SMILES string of the molecule is Cc1nc2c(-c3ccc(C(=O)O)cc3)cccn2n1. The molecule has 0 spiro atoms. The molecule has 0 radical (unpaired) electrons. The fourth-order valence-electron chi connectivity index (χ4n) is 2.03. The number of hydrogen-bond donors (Lipinski definition) is 1. The highest BCUT2D eigenvalue weighted by atomic mass is 16.4. The molecule has 5 nitrogen and oxygen atoms in total. The van der Waals surface area contributed by atoms with Crippen molar-refractivity contribution in [2.75, 3.05) is 0 Å². The van der Waals surface area contributed by atoms with Crippen LogP contribution in [0.25, 0.3) is 16.8 Å². The summed E-state index contributed by atoms with van der Waals surface area (Å²) in [5.74, 6) is -0.224. The third-order valence-electron chi connectivity index (χ3n) is 2.91. The minimum absolute atomic E-state index is 0.272. The summed E-state index contributed by atoms with van der Waals surface area (Å²) in [6, 6.07) is 10.6. The maximum absolute atomic E-state index is 10.8. The number of carboxylic acid groups (broad SMARTS) is 1. The summed E-state index contributed by atoms with van der Waals surface area (Å²) in [6.45, 7) is 1.84. The van der Waals surface area contributed by atoms with Crippen LogP contribution in [0.1, 0.15) is 16.2 Å². The fourth-order valence-corrected chi connectivity index (χ4v) is 2.03. The number of benzene rings is 1. The van der Waals surface area contributed by atoms with Gasteiger partial charge in [-0.05, 0) is 36.8 Å². The fraction of sp³-hybridized carbons (Fsp3) is 0.0714. The zero-order chi connectivity index (χ0) is 13.4. The Hall–Kier alpha value is -2.69. The van der Waals surface area contributed by atoms with Crippen LogP contribution in [0, 0.1) is 6.92 Å². The number of nitrogens with zero attached hydrogens (tertiary/aromatic N) is 3. The predicted molar refractivity (Wildman–Crippen MR) is 70.1 cm³/mol. The van der Waals surface area contributed by atoms with Gasteiger partial charge in [0.25, 0.3) is 0 Å². The number of rotatable bonds is 2. The molecular weight excluding hydrogens is 242 g/mol. The van der Waals surface area contributed by atoms with Crippen molar-refractivity contribution in [1.29, 1.82) is 0 Å². The first kappa shape index (κ1) is 11.4. The number of hydrogen-bond acceptors (Lipinski definition) is 3. The lowest BCUT2D eigenvalue weighted by Crippen LogP contribution is -1.95. The zero-order valence-electron chi connectivity index (χ0n) is 10.2. The lowest BCUT2D eigenvalue weighted by atomic mass is 10.1. The van der Waals surface area contributed by atoms with E-state index in [9.17, 15) is 4.79 Å². The summed E-state index contributed by atoms with van der Waals surface area (Å²) in [5.41, 5.74) is 2.89. The molecular formula is C14H11N3O2. The number of aromatic nitrogens is 3. The Morgan fingerprint density at radius 1 is 1.21 bits per heavy atom. The molecule has 0 saturated heterocycles. The lowest BCUT2D eigenvalue weighted by molar-refractivity contribution is 0.0697. The first-order chi connectivity index (χ1) is 9.15. The second-order valence-electron chi connectivity index (χ2n) is 4.23. The van der Waals surface area contributed by atoms with Crippen LogP contribution in [-0.4, -0.2) is 25.7 Å². The van der Waals surface area contributed by atoms with Gasteiger partial charge in [0, 0.05) is 11.8 Å². The lowest BCUT2D eigenvalue weighted by Gasteiger charge is -2.03. The molecule has 0 aliphatic carbocycles. The standard InChI is InChI=1S/C14H11N3O2/c1-9-15-13-12(3-2-8-17(13)16-9)10-4-6-11(7-5-10)14(18)19/h2-8H,1H3,(H,18,19). The molecule has 94 valence electrons. The Balaban J connectivity index is 2.15. The second kappa shape index (κ2) is 4.20. The van der Waals surface area contributed by atoms with Gasteiger partial charge in [0.1, 0.15) is 5.82 Å². The number of aryl methyl sites for hydroxylation is 1. The molecule has 1 aromatic carbocycles. The number of fused-ring (bicyclic) bond motifs is 1. The first-order valence-electron chi connectivity index (χ1n) is 5.81. The van der Waals surface area contributed by atoms with Gasteiger partial charge in [-0.3, -0.25) is 0 Å². The molecule has 0 bridgehead atoms. The Kier molecular flexibility index (Phi) is 2.52. The molecule has 0 atom stereocenters. The Morgan fingerprint density at radius 2 is 1.95 bits per heavy atom. The molecule has 0 saturated carbocycles.